The fraction of sp³-hybridized carbons (Fsp3) is 0.353. The maximum Gasteiger partial charge on any atom is 0.231 e. The van der Waals surface area contributed by atoms with Gasteiger partial charge in [-0.25, -0.2) is 9.97 Å². The Morgan fingerprint density at radius 1 is 0.932 bits per heavy atom. The highest BCUT2D eigenvalue weighted by molar-refractivity contribution is 5.98. The fourth-order valence-corrected chi connectivity index (χ4v) is 5.96. The van der Waals surface area contributed by atoms with Crippen molar-refractivity contribution >= 4 is 63.2 Å². The Labute approximate surface area is 264 Å². The number of nitriles is 1. The number of hydrogen-bond acceptors (Lipinski definition) is 9. The lowest BCUT2D eigenvalue weighted by atomic mass is 9.98. The second-order valence-electron chi connectivity index (χ2n) is 12.5. The lowest BCUT2D eigenvalue weighted by molar-refractivity contribution is 0.317. The zero-order valence-corrected chi connectivity index (χ0v) is 26.9. The average molecular weight is 611 g/mol. The third-order valence-corrected chi connectivity index (χ3v) is 7.87. The van der Waals surface area contributed by atoms with Gasteiger partial charge in [0, 0.05) is 41.4 Å². The maximum absolute atomic E-state index is 10.4. The number of fused-ring (bicyclic) bond motifs is 2. The van der Waals surface area contributed by atoms with Gasteiger partial charge in [-0.2, -0.15) is 10.2 Å². The van der Waals surface area contributed by atoms with Crippen molar-refractivity contribution in [3.05, 3.63) is 71.1 Å². The van der Waals surface area contributed by atoms with Crippen LogP contribution in [-0.4, -0.2) is 39.6 Å². The molecule has 9 nitrogen and oxygen atoms in total. The Balaban J connectivity index is 0.00000384. The SMILES string of the molecule is Cc1cc2c(C)nc(Nc3ccc(Nc4nc5ccccc5c(N5CCC(NC(C)(C)C)CC5)c4C#N)cc3C)nc2o1.Cl. The quantitative estimate of drug-likeness (QED) is 0.177. The summed E-state index contributed by atoms with van der Waals surface area (Å²) >= 11 is 0. The van der Waals surface area contributed by atoms with Crippen LogP contribution in [0, 0.1) is 32.1 Å². The van der Waals surface area contributed by atoms with E-state index in [2.05, 4.69) is 63.7 Å². The van der Waals surface area contributed by atoms with E-state index < -0.39 is 0 Å². The Bertz CT molecular complexity index is 1860. The van der Waals surface area contributed by atoms with Crippen LogP contribution in [0.3, 0.4) is 0 Å². The molecule has 0 bridgehead atoms. The molecule has 1 aliphatic rings. The zero-order valence-electron chi connectivity index (χ0n) is 26.1. The van der Waals surface area contributed by atoms with Crippen molar-refractivity contribution in [2.75, 3.05) is 28.6 Å². The first-order chi connectivity index (χ1) is 20.6. The normalized spacial score (nSPS) is 14.0. The molecule has 0 spiro atoms. The molecule has 0 unspecified atom stereocenters. The minimum absolute atomic E-state index is 0. The molecule has 4 heterocycles. The highest BCUT2D eigenvalue weighted by Gasteiger charge is 2.27. The smallest absolute Gasteiger partial charge is 0.231 e. The van der Waals surface area contributed by atoms with Crippen LogP contribution < -0.4 is 20.9 Å². The van der Waals surface area contributed by atoms with E-state index in [0.717, 1.165) is 76.3 Å². The number of nitrogens with zero attached hydrogens (tertiary/aromatic N) is 5. The van der Waals surface area contributed by atoms with Crippen LogP contribution in [0.25, 0.3) is 22.0 Å². The lowest BCUT2D eigenvalue weighted by Gasteiger charge is -2.38. The topological polar surface area (TPSA) is 115 Å². The summed E-state index contributed by atoms with van der Waals surface area (Å²) in [6.07, 6.45) is 2.04. The number of aromatic nitrogens is 3. The van der Waals surface area contributed by atoms with Gasteiger partial charge in [-0.3, -0.25) is 0 Å². The van der Waals surface area contributed by atoms with E-state index in [4.69, 9.17) is 9.40 Å². The van der Waals surface area contributed by atoms with Gasteiger partial charge in [0.05, 0.1) is 22.3 Å². The van der Waals surface area contributed by atoms with Crippen molar-refractivity contribution in [2.24, 2.45) is 0 Å². The predicted octanol–water partition coefficient (Wildman–Crippen LogP) is 7.83. The number of pyridine rings is 1. The lowest BCUT2D eigenvalue weighted by Crippen LogP contribution is -2.49. The summed E-state index contributed by atoms with van der Waals surface area (Å²) in [5.41, 5.74) is 6.60. The van der Waals surface area contributed by atoms with Gasteiger partial charge in [-0.1, -0.05) is 18.2 Å². The Hall–Kier alpha value is -4.39. The van der Waals surface area contributed by atoms with Gasteiger partial charge in [-0.05, 0) is 90.3 Å². The third-order valence-electron chi connectivity index (χ3n) is 7.87. The molecule has 1 saturated heterocycles. The summed E-state index contributed by atoms with van der Waals surface area (Å²) in [5.74, 6) is 1.85. The van der Waals surface area contributed by atoms with Gasteiger partial charge < -0.3 is 25.3 Å². The van der Waals surface area contributed by atoms with E-state index in [9.17, 15) is 5.26 Å². The van der Waals surface area contributed by atoms with Gasteiger partial charge >= 0.3 is 0 Å². The van der Waals surface area contributed by atoms with Crippen LogP contribution in [0.15, 0.2) is 52.9 Å². The van der Waals surface area contributed by atoms with Crippen LogP contribution in [0.1, 0.15) is 56.2 Å². The fourth-order valence-electron chi connectivity index (χ4n) is 5.96. The van der Waals surface area contributed by atoms with Crippen LogP contribution in [0.5, 0.6) is 0 Å². The number of furan rings is 1. The van der Waals surface area contributed by atoms with Crippen molar-refractivity contribution in [3.8, 4) is 6.07 Å². The molecule has 3 N–H and O–H groups in total. The molecule has 228 valence electrons. The molecular weight excluding hydrogens is 572 g/mol. The van der Waals surface area contributed by atoms with Gasteiger partial charge in [0.1, 0.15) is 17.4 Å². The highest BCUT2D eigenvalue weighted by Crippen LogP contribution is 2.37. The number of hydrogen-bond donors (Lipinski definition) is 3. The molecule has 6 rings (SSSR count). The molecular formula is C34H39ClN8O. The first-order valence-electron chi connectivity index (χ1n) is 14.8. The van der Waals surface area contributed by atoms with Crippen LogP contribution in [0.4, 0.5) is 28.8 Å². The number of rotatable bonds is 6. The van der Waals surface area contributed by atoms with Crippen LogP contribution in [-0.2, 0) is 0 Å². The number of nitrogens with one attached hydrogen (secondary N) is 3. The minimum Gasteiger partial charge on any atom is -0.443 e. The molecule has 2 aromatic carbocycles. The summed E-state index contributed by atoms with van der Waals surface area (Å²) in [5, 5.41) is 22.9. The Kier molecular flexibility index (Phi) is 8.69. The van der Waals surface area contributed by atoms with Gasteiger partial charge in [0.25, 0.3) is 0 Å². The first kappa shape index (κ1) is 31.0. The van der Waals surface area contributed by atoms with Crippen LogP contribution >= 0.6 is 12.4 Å². The average Bonchev–Trinajstić information content (AvgIpc) is 3.34. The largest absolute Gasteiger partial charge is 0.443 e. The van der Waals surface area contributed by atoms with Gasteiger partial charge in [0.2, 0.25) is 11.7 Å². The molecule has 0 aliphatic carbocycles. The van der Waals surface area contributed by atoms with E-state index in [1.165, 1.54) is 0 Å². The van der Waals surface area contributed by atoms with E-state index >= 15 is 0 Å². The monoisotopic (exact) mass is 610 g/mol. The van der Waals surface area contributed by atoms with Gasteiger partial charge in [0.15, 0.2) is 5.82 Å². The van der Waals surface area contributed by atoms with Gasteiger partial charge in [-0.15, -0.1) is 12.4 Å². The highest BCUT2D eigenvalue weighted by atomic mass is 35.5. The zero-order chi connectivity index (χ0) is 30.3. The van der Waals surface area contributed by atoms with Crippen molar-refractivity contribution in [1.29, 1.82) is 5.26 Å². The van der Waals surface area contributed by atoms with E-state index in [1.54, 1.807) is 0 Å². The predicted molar refractivity (Wildman–Crippen MR) is 181 cm³/mol. The molecule has 1 aliphatic heterocycles. The maximum atomic E-state index is 10.4. The molecule has 1 fully saturated rings. The molecule has 0 amide bonds. The number of halogens is 1. The van der Waals surface area contributed by atoms with Crippen molar-refractivity contribution in [2.45, 2.75) is 66.0 Å². The number of benzene rings is 2. The number of anilines is 5. The molecule has 3 aromatic heterocycles. The molecule has 0 saturated carbocycles. The Morgan fingerprint density at radius 2 is 1.68 bits per heavy atom. The number of aryl methyl sites for hydroxylation is 3. The second kappa shape index (κ2) is 12.3. The first-order valence-corrected chi connectivity index (χ1v) is 14.8. The van der Waals surface area contributed by atoms with E-state index in [0.29, 0.717) is 29.1 Å². The second-order valence-corrected chi connectivity index (χ2v) is 12.5. The molecule has 10 heteroatoms. The Morgan fingerprint density at radius 3 is 2.39 bits per heavy atom. The molecule has 0 radical (unpaired) electrons. The third kappa shape index (κ3) is 6.42. The number of para-hydroxylation sites is 1. The standard InChI is InChI=1S/C34H38N8O.ClH/c1-20-17-24(11-12-28(20)39-33-36-22(3)26-18-21(2)43-32(26)40-33)37-31-27(19-35)30(25-9-7-8-10-29(25)38-31)42-15-13-23(14-16-42)41-34(4,5)6;/h7-12,17-18,23,41H,13-16H2,1-6H3,(H,37,38)(H,36,39,40);1H. The summed E-state index contributed by atoms with van der Waals surface area (Å²) in [7, 11) is 0. The van der Waals surface area contributed by atoms with Crippen molar-refractivity contribution < 1.29 is 4.42 Å². The summed E-state index contributed by atoms with van der Waals surface area (Å²) in [6, 6.07) is 19.0. The summed E-state index contributed by atoms with van der Waals surface area (Å²) < 4.78 is 5.73. The van der Waals surface area contributed by atoms with Crippen molar-refractivity contribution in [3.63, 3.8) is 0 Å². The molecule has 44 heavy (non-hydrogen) atoms. The molecule has 5 aromatic rings. The van der Waals surface area contributed by atoms with E-state index in [1.807, 2.05) is 63.2 Å². The summed E-state index contributed by atoms with van der Waals surface area (Å²) in [6.45, 7) is 14.3. The van der Waals surface area contributed by atoms with E-state index in [-0.39, 0.29) is 17.9 Å². The summed E-state index contributed by atoms with van der Waals surface area (Å²) in [4.78, 5) is 16.4. The van der Waals surface area contributed by atoms with Crippen LogP contribution in [0.2, 0.25) is 0 Å². The number of piperidine rings is 1. The van der Waals surface area contributed by atoms with Crippen molar-refractivity contribution in [1.82, 2.24) is 20.3 Å². The minimum atomic E-state index is 0. The molecule has 0 atom stereocenters.